The van der Waals surface area contributed by atoms with E-state index in [9.17, 15) is 24.3 Å². The molecule has 2 heterocycles. The molecule has 188 valence electrons. The van der Waals surface area contributed by atoms with Gasteiger partial charge in [-0.05, 0) is 54.4 Å². The molecule has 4 unspecified atom stereocenters. The van der Waals surface area contributed by atoms with E-state index in [1.165, 1.54) is 43.3 Å². The third-order valence-electron chi connectivity index (χ3n) is 7.01. The molecule has 2 aliphatic rings. The maximum atomic E-state index is 14.0. The van der Waals surface area contributed by atoms with Crippen molar-refractivity contribution in [3.8, 4) is 0 Å². The minimum Gasteiger partial charge on any atom is -0.480 e. The number of carboxylic acids is 1. The highest BCUT2D eigenvalue weighted by atomic mass is 35.5. The number of imide groups is 1. The number of nitrogens with one attached hydrogen (secondary N) is 1. The van der Waals surface area contributed by atoms with Crippen molar-refractivity contribution in [2.75, 3.05) is 4.90 Å². The van der Waals surface area contributed by atoms with Crippen LogP contribution in [0.3, 0.4) is 0 Å². The molecule has 2 amide bonds. The summed E-state index contributed by atoms with van der Waals surface area (Å²) in [6.07, 6.45) is 0. The first-order chi connectivity index (χ1) is 17.6. The maximum Gasteiger partial charge on any atom is 0.329 e. The molecule has 10 heteroatoms. The van der Waals surface area contributed by atoms with Gasteiger partial charge >= 0.3 is 5.97 Å². The second kappa shape index (κ2) is 9.26. The standard InChI is InChI=1S/C27H19Cl3N2O5/c1-13(33)14-7-9-17(10-8-14)32-24(34)20-21(25(32)35)27(26(36)37,15-5-3-2-4-6-15)31-23(20)18-11-16(28)12-19(29)22(18)30/h2-12,20-21,23,31H,1H3,(H,36,37). The van der Waals surface area contributed by atoms with Crippen molar-refractivity contribution < 1.29 is 24.3 Å². The van der Waals surface area contributed by atoms with E-state index < -0.39 is 41.2 Å². The van der Waals surface area contributed by atoms with Crippen LogP contribution in [0.5, 0.6) is 0 Å². The normalized spacial score (nSPS) is 24.9. The summed E-state index contributed by atoms with van der Waals surface area (Å²) < 4.78 is 0. The molecule has 2 aliphatic heterocycles. The summed E-state index contributed by atoms with van der Waals surface area (Å²) in [5.74, 6) is -5.23. The maximum absolute atomic E-state index is 14.0. The SMILES string of the molecule is CC(=O)c1ccc(N2C(=O)C3C(c4cc(Cl)cc(Cl)c4Cl)NC(C(=O)O)(c4ccccc4)C3C2=O)cc1. The molecule has 37 heavy (non-hydrogen) atoms. The van der Waals surface area contributed by atoms with Crippen LogP contribution in [-0.2, 0) is 19.9 Å². The Morgan fingerprint density at radius 1 is 0.946 bits per heavy atom. The Morgan fingerprint density at radius 2 is 1.59 bits per heavy atom. The van der Waals surface area contributed by atoms with Crippen molar-refractivity contribution in [3.63, 3.8) is 0 Å². The topological polar surface area (TPSA) is 104 Å². The zero-order chi connectivity index (χ0) is 26.6. The fourth-order valence-corrected chi connectivity index (χ4v) is 6.10. The molecule has 2 N–H and O–H groups in total. The molecule has 0 radical (unpaired) electrons. The molecule has 0 saturated carbocycles. The van der Waals surface area contributed by atoms with E-state index in [1.807, 2.05) is 0 Å². The van der Waals surface area contributed by atoms with Gasteiger partial charge in [0.25, 0.3) is 0 Å². The van der Waals surface area contributed by atoms with Crippen LogP contribution < -0.4 is 10.2 Å². The summed E-state index contributed by atoms with van der Waals surface area (Å²) in [5.41, 5.74) is -0.694. The van der Waals surface area contributed by atoms with Crippen LogP contribution in [0.4, 0.5) is 5.69 Å². The Labute approximate surface area is 226 Å². The van der Waals surface area contributed by atoms with Gasteiger partial charge in [-0.3, -0.25) is 19.7 Å². The van der Waals surface area contributed by atoms with Crippen molar-refractivity contribution in [1.29, 1.82) is 0 Å². The molecular formula is C27H19Cl3N2O5. The zero-order valence-corrected chi connectivity index (χ0v) is 21.5. The van der Waals surface area contributed by atoms with E-state index in [2.05, 4.69) is 5.32 Å². The number of halogens is 3. The fraction of sp³-hybridized carbons (Fsp3) is 0.185. The molecule has 3 aromatic rings. The molecule has 2 fully saturated rings. The molecule has 3 aromatic carbocycles. The van der Waals surface area contributed by atoms with E-state index >= 15 is 0 Å². The largest absolute Gasteiger partial charge is 0.480 e. The molecular weight excluding hydrogens is 539 g/mol. The number of carbonyl (C=O) groups is 4. The number of fused-ring (bicyclic) bond motifs is 1. The number of ketones is 1. The number of carboxylic acid groups (broad SMARTS) is 1. The monoisotopic (exact) mass is 556 g/mol. The predicted molar refractivity (Wildman–Crippen MR) is 139 cm³/mol. The zero-order valence-electron chi connectivity index (χ0n) is 19.2. The Kier molecular flexibility index (Phi) is 6.36. The lowest BCUT2D eigenvalue weighted by Crippen LogP contribution is -2.53. The van der Waals surface area contributed by atoms with Gasteiger partial charge < -0.3 is 5.11 Å². The van der Waals surface area contributed by atoms with Crippen LogP contribution in [0.2, 0.25) is 15.1 Å². The van der Waals surface area contributed by atoms with Crippen LogP contribution in [0.25, 0.3) is 0 Å². The third-order valence-corrected chi connectivity index (χ3v) is 8.05. The van der Waals surface area contributed by atoms with Crippen LogP contribution >= 0.6 is 34.8 Å². The van der Waals surface area contributed by atoms with E-state index in [4.69, 9.17) is 34.8 Å². The predicted octanol–water partition coefficient (Wildman–Crippen LogP) is 5.28. The number of Topliss-reactive ketones (excluding diaryl/α,β-unsaturated/α-hetero) is 1. The second-order valence-electron chi connectivity index (χ2n) is 9.01. The molecule has 0 bridgehead atoms. The molecule has 0 aromatic heterocycles. The van der Waals surface area contributed by atoms with Gasteiger partial charge in [0, 0.05) is 16.6 Å². The Balaban J connectivity index is 1.72. The number of carbonyl (C=O) groups excluding carboxylic acids is 3. The first kappa shape index (κ1) is 25.4. The lowest BCUT2D eigenvalue weighted by Gasteiger charge is -2.32. The van der Waals surface area contributed by atoms with Crippen LogP contribution in [0.1, 0.15) is 34.5 Å². The van der Waals surface area contributed by atoms with E-state index in [1.54, 1.807) is 30.3 Å². The quantitative estimate of drug-likeness (QED) is 0.251. The highest BCUT2D eigenvalue weighted by molar-refractivity contribution is 6.43. The summed E-state index contributed by atoms with van der Waals surface area (Å²) in [7, 11) is 0. The van der Waals surface area contributed by atoms with Gasteiger partial charge in [-0.25, -0.2) is 9.69 Å². The van der Waals surface area contributed by atoms with Gasteiger partial charge in [-0.15, -0.1) is 0 Å². The van der Waals surface area contributed by atoms with Crippen molar-refractivity contribution in [1.82, 2.24) is 5.32 Å². The summed E-state index contributed by atoms with van der Waals surface area (Å²) in [6.45, 7) is 1.41. The van der Waals surface area contributed by atoms with Crippen molar-refractivity contribution in [2.24, 2.45) is 11.8 Å². The number of amides is 2. The minimum absolute atomic E-state index is 0.0982. The van der Waals surface area contributed by atoms with E-state index in [0.717, 1.165) is 4.90 Å². The molecule has 2 saturated heterocycles. The van der Waals surface area contributed by atoms with Gasteiger partial charge in [0.05, 0.1) is 27.6 Å². The average molecular weight is 558 g/mol. The van der Waals surface area contributed by atoms with Gasteiger partial charge in [-0.2, -0.15) is 0 Å². The molecule has 0 spiro atoms. The Hall–Kier alpha value is -3.23. The van der Waals surface area contributed by atoms with Crippen molar-refractivity contribution in [2.45, 2.75) is 18.5 Å². The third kappa shape index (κ3) is 3.85. The van der Waals surface area contributed by atoms with Crippen molar-refractivity contribution in [3.05, 3.63) is 98.5 Å². The smallest absolute Gasteiger partial charge is 0.329 e. The van der Waals surface area contributed by atoms with Crippen LogP contribution in [0, 0.1) is 11.8 Å². The molecule has 0 aliphatic carbocycles. The molecule has 5 rings (SSSR count). The number of hydrogen-bond acceptors (Lipinski definition) is 5. The van der Waals surface area contributed by atoms with Crippen molar-refractivity contribution >= 4 is 64.1 Å². The fourth-order valence-electron chi connectivity index (χ4n) is 5.36. The Bertz CT molecular complexity index is 1460. The summed E-state index contributed by atoms with van der Waals surface area (Å²) in [4.78, 5) is 53.6. The van der Waals surface area contributed by atoms with E-state index in [-0.39, 0.29) is 26.5 Å². The first-order valence-corrected chi connectivity index (χ1v) is 12.4. The number of benzene rings is 3. The first-order valence-electron chi connectivity index (χ1n) is 11.3. The number of nitrogens with zero attached hydrogens (tertiary/aromatic N) is 1. The summed E-state index contributed by atoms with van der Waals surface area (Å²) in [5, 5.41) is 14.1. The second-order valence-corrected chi connectivity index (χ2v) is 10.2. The summed E-state index contributed by atoms with van der Waals surface area (Å²) in [6, 6.07) is 16.2. The van der Waals surface area contributed by atoms with Gasteiger partial charge in [0.15, 0.2) is 11.3 Å². The van der Waals surface area contributed by atoms with Crippen LogP contribution in [-0.4, -0.2) is 28.7 Å². The van der Waals surface area contributed by atoms with Gasteiger partial charge in [-0.1, -0.05) is 65.1 Å². The highest BCUT2D eigenvalue weighted by Crippen LogP contribution is 2.55. The average Bonchev–Trinajstić information content (AvgIpc) is 3.36. The molecule has 4 atom stereocenters. The lowest BCUT2D eigenvalue weighted by atomic mass is 9.75. The number of hydrogen-bond donors (Lipinski definition) is 2. The lowest BCUT2D eigenvalue weighted by molar-refractivity contribution is -0.149. The molecule has 7 nitrogen and oxygen atoms in total. The summed E-state index contributed by atoms with van der Waals surface area (Å²) >= 11 is 19.0. The van der Waals surface area contributed by atoms with E-state index in [0.29, 0.717) is 16.7 Å². The van der Waals surface area contributed by atoms with Gasteiger partial charge in [0.2, 0.25) is 11.8 Å². The van der Waals surface area contributed by atoms with Gasteiger partial charge in [0.1, 0.15) is 0 Å². The number of anilines is 1. The minimum atomic E-state index is -1.95. The number of aliphatic carboxylic acids is 1. The highest BCUT2D eigenvalue weighted by Gasteiger charge is 2.69. The van der Waals surface area contributed by atoms with Crippen LogP contribution in [0.15, 0.2) is 66.7 Å². The Morgan fingerprint density at radius 3 is 2.19 bits per heavy atom. The number of rotatable bonds is 5.